The third kappa shape index (κ3) is 2.91. The van der Waals surface area contributed by atoms with Crippen molar-refractivity contribution in [1.82, 2.24) is 4.90 Å². The molecule has 2 unspecified atom stereocenters. The Morgan fingerprint density at radius 3 is 2.86 bits per heavy atom. The third-order valence-corrected chi connectivity index (χ3v) is 5.64. The van der Waals surface area contributed by atoms with Crippen LogP contribution in [0.5, 0.6) is 0 Å². The summed E-state index contributed by atoms with van der Waals surface area (Å²) in [5.41, 5.74) is 10.7. The molecule has 2 heterocycles. The summed E-state index contributed by atoms with van der Waals surface area (Å²) in [7, 11) is 0. The molecule has 1 aliphatic rings. The molecule has 2 nitrogen and oxygen atoms in total. The maximum absolute atomic E-state index is 6.51. The lowest BCUT2D eigenvalue weighted by atomic mass is 9.91. The number of aryl methyl sites for hydroxylation is 1. The van der Waals surface area contributed by atoms with Crippen molar-refractivity contribution in [2.75, 3.05) is 6.54 Å². The summed E-state index contributed by atoms with van der Waals surface area (Å²) in [6, 6.07) is 11.5. The summed E-state index contributed by atoms with van der Waals surface area (Å²) in [5, 5.41) is 2.22. The number of nitrogens with two attached hydrogens (primary N) is 1. The van der Waals surface area contributed by atoms with Crippen LogP contribution in [0.25, 0.3) is 0 Å². The number of fused-ring (bicyclic) bond motifs is 1. The minimum absolute atomic E-state index is 0.186. The molecule has 0 radical (unpaired) electrons. The molecular weight excluding hydrogens is 276 g/mol. The van der Waals surface area contributed by atoms with E-state index in [1.54, 1.807) is 4.88 Å². The van der Waals surface area contributed by atoms with Crippen molar-refractivity contribution in [2.24, 2.45) is 5.73 Å². The van der Waals surface area contributed by atoms with Gasteiger partial charge in [0.05, 0.1) is 6.04 Å². The fraction of sp³-hybridized carbons (Fsp3) is 0.444. The van der Waals surface area contributed by atoms with E-state index >= 15 is 0 Å². The molecule has 0 saturated carbocycles. The van der Waals surface area contributed by atoms with Gasteiger partial charge in [-0.05, 0) is 47.9 Å². The van der Waals surface area contributed by atoms with Gasteiger partial charge in [-0.3, -0.25) is 4.90 Å². The molecule has 112 valence electrons. The van der Waals surface area contributed by atoms with E-state index in [9.17, 15) is 0 Å². The zero-order valence-electron chi connectivity index (χ0n) is 12.9. The average Bonchev–Trinajstić information content (AvgIpc) is 2.97. The van der Waals surface area contributed by atoms with Gasteiger partial charge in [-0.25, -0.2) is 0 Å². The van der Waals surface area contributed by atoms with E-state index in [2.05, 4.69) is 54.5 Å². The first kappa shape index (κ1) is 14.8. The summed E-state index contributed by atoms with van der Waals surface area (Å²) in [6.07, 6.45) is 2.16. The van der Waals surface area contributed by atoms with E-state index in [0.29, 0.717) is 6.04 Å². The highest BCUT2D eigenvalue weighted by Gasteiger charge is 2.29. The van der Waals surface area contributed by atoms with Crippen LogP contribution >= 0.6 is 11.3 Å². The SMILES string of the molecule is CCC(N)C(c1ccccc1C)N1CCc2sccc2C1. The van der Waals surface area contributed by atoms with Crippen molar-refractivity contribution in [1.29, 1.82) is 0 Å². The molecular formula is C18H24N2S. The second kappa shape index (κ2) is 6.30. The topological polar surface area (TPSA) is 29.3 Å². The Bertz CT molecular complexity index is 605. The third-order valence-electron chi connectivity index (χ3n) is 4.61. The molecule has 0 bridgehead atoms. The normalized spacial score (nSPS) is 18.2. The summed E-state index contributed by atoms with van der Waals surface area (Å²) in [5.74, 6) is 0. The molecule has 3 rings (SSSR count). The van der Waals surface area contributed by atoms with Crippen LogP contribution in [0.1, 0.15) is 41.0 Å². The van der Waals surface area contributed by atoms with Gasteiger partial charge in [0.2, 0.25) is 0 Å². The van der Waals surface area contributed by atoms with Crippen molar-refractivity contribution in [2.45, 2.75) is 45.3 Å². The van der Waals surface area contributed by atoms with Gasteiger partial charge in [-0.2, -0.15) is 0 Å². The van der Waals surface area contributed by atoms with Crippen LogP contribution in [0.4, 0.5) is 0 Å². The van der Waals surface area contributed by atoms with Crippen LogP contribution in [0.15, 0.2) is 35.7 Å². The molecule has 0 amide bonds. The van der Waals surface area contributed by atoms with Crippen LogP contribution in [-0.4, -0.2) is 17.5 Å². The van der Waals surface area contributed by atoms with Gasteiger partial charge in [0.25, 0.3) is 0 Å². The van der Waals surface area contributed by atoms with Crippen molar-refractivity contribution < 1.29 is 0 Å². The van der Waals surface area contributed by atoms with Crippen LogP contribution in [0.2, 0.25) is 0 Å². The highest BCUT2D eigenvalue weighted by atomic mass is 32.1. The minimum atomic E-state index is 0.186. The summed E-state index contributed by atoms with van der Waals surface area (Å²) in [6.45, 7) is 6.53. The maximum atomic E-state index is 6.51. The molecule has 1 aromatic heterocycles. The van der Waals surface area contributed by atoms with Gasteiger partial charge in [-0.1, -0.05) is 31.2 Å². The van der Waals surface area contributed by atoms with E-state index in [4.69, 9.17) is 5.73 Å². The van der Waals surface area contributed by atoms with Gasteiger partial charge in [-0.15, -0.1) is 11.3 Å². The molecule has 2 atom stereocenters. The monoisotopic (exact) mass is 300 g/mol. The molecule has 2 N–H and O–H groups in total. The van der Waals surface area contributed by atoms with E-state index in [0.717, 1.165) is 25.9 Å². The van der Waals surface area contributed by atoms with E-state index in [1.165, 1.54) is 16.7 Å². The lowest BCUT2D eigenvalue weighted by Crippen LogP contribution is -2.43. The Balaban J connectivity index is 1.92. The Kier molecular flexibility index (Phi) is 4.43. The Morgan fingerprint density at radius 2 is 2.10 bits per heavy atom. The van der Waals surface area contributed by atoms with Crippen LogP contribution < -0.4 is 5.73 Å². The Hall–Kier alpha value is -1.16. The van der Waals surface area contributed by atoms with Crippen molar-refractivity contribution >= 4 is 11.3 Å². The minimum Gasteiger partial charge on any atom is -0.326 e. The lowest BCUT2D eigenvalue weighted by Gasteiger charge is -2.38. The molecule has 3 heteroatoms. The molecule has 0 fully saturated rings. The zero-order chi connectivity index (χ0) is 14.8. The van der Waals surface area contributed by atoms with Crippen molar-refractivity contribution in [3.63, 3.8) is 0 Å². The average molecular weight is 300 g/mol. The highest BCUT2D eigenvalue weighted by Crippen LogP contribution is 2.33. The van der Waals surface area contributed by atoms with Gasteiger partial charge < -0.3 is 5.73 Å². The molecule has 1 aromatic carbocycles. The smallest absolute Gasteiger partial charge is 0.0505 e. The standard InChI is InChI=1S/C18H24N2S/c1-3-16(19)18(15-7-5-4-6-13(15)2)20-10-8-17-14(12-20)9-11-21-17/h4-7,9,11,16,18H,3,8,10,12,19H2,1-2H3. The maximum Gasteiger partial charge on any atom is 0.0505 e. The largest absolute Gasteiger partial charge is 0.326 e. The van der Waals surface area contributed by atoms with Crippen molar-refractivity contribution in [3.05, 3.63) is 57.3 Å². The van der Waals surface area contributed by atoms with E-state index in [1.807, 2.05) is 11.3 Å². The molecule has 0 saturated heterocycles. The molecule has 2 aromatic rings. The summed E-state index contributed by atoms with van der Waals surface area (Å²) >= 11 is 1.89. The number of nitrogens with zero attached hydrogens (tertiary/aromatic N) is 1. The quantitative estimate of drug-likeness (QED) is 0.928. The fourth-order valence-electron chi connectivity index (χ4n) is 3.35. The number of hydrogen-bond acceptors (Lipinski definition) is 3. The molecule has 0 spiro atoms. The summed E-state index contributed by atoms with van der Waals surface area (Å²) < 4.78 is 0. The van der Waals surface area contributed by atoms with Gasteiger partial charge in [0.15, 0.2) is 0 Å². The van der Waals surface area contributed by atoms with Gasteiger partial charge in [0, 0.05) is 24.0 Å². The number of thiophene rings is 1. The van der Waals surface area contributed by atoms with Gasteiger partial charge >= 0.3 is 0 Å². The highest BCUT2D eigenvalue weighted by molar-refractivity contribution is 7.10. The predicted octanol–water partition coefficient (Wildman–Crippen LogP) is 3.89. The molecule has 1 aliphatic heterocycles. The number of rotatable bonds is 4. The van der Waals surface area contributed by atoms with Crippen LogP contribution in [0.3, 0.4) is 0 Å². The number of hydrogen-bond donors (Lipinski definition) is 1. The Labute approximate surface area is 131 Å². The molecule has 0 aliphatic carbocycles. The van der Waals surface area contributed by atoms with Crippen LogP contribution in [0, 0.1) is 6.92 Å². The van der Waals surface area contributed by atoms with E-state index in [-0.39, 0.29) is 6.04 Å². The fourth-order valence-corrected chi connectivity index (χ4v) is 4.24. The lowest BCUT2D eigenvalue weighted by molar-refractivity contribution is 0.153. The van der Waals surface area contributed by atoms with Crippen LogP contribution in [-0.2, 0) is 13.0 Å². The predicted molar refractivity (Wildman–Crippen MR) is 90.6 cm³/mol. The number of benzene rings is 1. The first-order valence-electron chi connectivity index (χ1n) is 7.81. The Morgan fingerprint density at radius 1 is 1.29 bits per heavy atom. The molecule has 21 heavy (non-hydrogen) atoms. The first-order valence-corrected chi connectivity index (χ1v) is 8.69. The van der Waals surface area contributed by atoms with Crippen molar-refractivity contribution in [3.8, 4) is 0 Å². The zero-order valence-corrected chi connectivity index (χ0v) is 13.7. The van der Waals surface area contributed by atoms with Gasteiger partial charge in [0.1, 0.15) is 0 Å². The second-order valence-corrected chi connectivity index (χ2v) is 6.96. The van der Waals surface area contributed by atoms with E-state index < -0.39 is 0 Å². The first-order chi connectivity index (χ1) is 10.2. The second-order valence-electron chi connectivity index (χ2n) is 5.96. The summed E-state index contributed by atoms with van der Waals surface area (Å²) in [4.78, 5) is 4.13.